The molecule has 3 aromatic rings. The predicted molar refractivity (Wildman–Crippen MR) is 98.3 cm³/mol. The van der Waals surface area contributed by atoms with Crippen LogP contribution in [0, 0.1) is 9.39 Å². The van der Waals surface area contributed by atoms with E-state index in [1.165, 1.54) is 17.2 Å². The van der Waals surface area contributed by atoms with Crippen LogP contribution in [0.4, 0.5) is 10.1 Å². The summed E-state index contributed by atoms with van der Waals surface area (Å²) in [5.74, 6) is -0.196. The maximum Gasteiger partial charge on any atom is 0.124 e. The molecule has 22 heavy (non-hydrogen) atoms. The van der Waals surface area contributed by atoms with Crippen molar-refractivity contribution >= 4 is 28.3 Å². The largest absolute Gasteiger partial charge is 0.380 e. The van der Waals surface area contributed by atoms with Crippen LogP contribution in [0.3, 0.4) is 0 Å². The lowest BCUT2D eigenvalue weighted by molar-refractivity contribution is 0.626. The number of anilines is 1. The van der Waals surface area contributed by atoms with E-state index < -0.39 is 0 Å². The number of nitrogens with one attached hydrogen (secondary N) is 1. The average molecular weight is 403 g/mol. The standard InChI is InChI=1S/C19H15FIN/c20-16-11-10-15(18(21)12-16)13-22-19-9-5-4-8-17(19)14-6-2-1-3-7-14/h1-12,22H,13H2. The number of hydrogen-bond donors (Lipinski definition) is 1. The molecule has 0 atom stereocenters. The Morgan fingerprint density at radius 2 is 1.59 bits per heavy atom. The Hall–Kier alpha value is -1.88. The molecule has 0 bridgehead atoms. The third kappa shape index (κ3) is 3.47. The van der Waals surface area contributed by atoms with Gasteiger partial charge in [-0.3, -0.25) is 0 Å². The Kier molecular flexibility index (Phi) is 4.73. The maximum absolute atomic E-state index is 13.2. The van der Waals surface area contributed by atoms with Gasteiger partial charge in [-0.05, 0) is 51.9 Å². The van der Waals surface area contributed by atoms with Crippen LogP contribution in [0.2, 0.25) is 0 Å². The van der Waals surface area contributed by atoms with Crippen molar-refractivity contribution in [2.75, 3.05) is 5.32 Å². The summed E-state index contributed by atoms with van der Waals surface area (Å²) in [5.41, 5.74) is 4.51. The lowest BCUT2D eigenvalue weighted by Crippen LogP contribution is -2.03. The van der Waals surface area contributed by atoms with Gasteiger partial charge in [-0.25, -0.2) is 4.39 Å². The molecular weight excluding hydrogens is 388 g/mol. The Bertz CT molecular complexity index is 771. The molecule has 3 aromatic carbocycles. The van der Waals surface area contributed by atoms with Crippen molar-refractivity contribution in [2.24, 2.45) is 0 Å². The molecule has 3 heteroatoms. The topological polar surface area (TPSA) is 12.0 Å². The van der Waals surface area contributed by atoms with Crippen LogP contribution in [0.15, 0.2) is 72.8 Å². The Morgan fingerprint density at radius 3 is 2.36 bits per heavy atom. The molecule has 0 aliphatic heterocycles. The van der Waals surface area contributed by atoms with Gasteiger partial charge in [-0.1, -0.05) is 54.6 Å². The van der Waals surface area contributed by atoms with Gasteiger partial charge in [0, 0.05) is 21.4 Å². The SMILES string of the molecule is Fc1ccc(CNc2ccccc2-c2ccccc2)c(I)c1. The fraction of sp³-hybridized carbons (Fsp3) is 0.0526. The van der Waals surface area contributed by atoms with Crippen LogP contribution in [0.1, 0.15) is 5.56 Å². The summed E-state index contributed by atoms with van der Waals surface area (Å²) < 4.78 is 14.1. The van der Waals surface area contributed by atoms with E-state index in [-0.39, 0.29) is 5.82 Å². The first kappa shape index (κ1) is 15.0. The monoisotopic (exact) mass is 403 g/mol. The van der Waals surface area contributed by atoms with Crippen molar-refractivity contribution in [1.82, 2.24) is 0 Å². The highest BCUT2D eigenvalue weighted by molar-refractivity contribution is 14.1. The van der Waals surface area contributed by atoms with Crippen LogP contribution in [0.25, 0.3) is 11.1 Å². The van der Waals surface area contributed by atoms with Gasteiger partial charge in [0.05, 0.1) is 0 Å². The molecule has 0 aliphatic carbocycles. The first-order valence-electron chi connectivity index (χ1n) is 7.06. The first-order chi connectivity index (χ1) is 10.7. The van der Waals surface area contributed by atoms with Gasteiger partial charge in [0.15, 0.2) is 0 Å². The van der Waals surface area contributed by atoms with Crippen molar-refractivity contribution in [1.29, 1.82) is 0 Å². The number of benzene rings is 3. The maximum atomic E-state index is 13.2. The smallest absolute Gasteiger partial charge is 0.124 e. The van der Waals surface area contributed by atoms with Crippen molar-refractivity contribution in [2.45, 2.75) is 6.54 Å². The van der Waals surface area contributed by atoms with E-state index in [0.717, 1.165) is 14.8 Å². The number of hydrogen-bond acceptors (Lipinski definition) is 1. The summed E-state index contributed by atoms with van der Waals surface area (Å²) in [7, 11) is 0. The minimum Gasteiger partial charge on any atom is -0.380 e. The molecule has 0 unspecified atom stereocenters. The van der Waals surface area contributed by atoms with Crippen molar-refractivity contribution in [3.05, 3.63) is 87.7 Å². The molecule has 1 nitrogen and oxygen atoms in total. The summed E-state index contributed by atoms with van der Waals surface area (Å²) in [4.78, 5) is 0. The van der Waals surface area contributed by atoms with Gasteiger partial charge in [0.1, 0.15) is 5.82 Å². The highest BCUT2D eigenvalue weighted by Crippen LogP contribution is 2.28. The number of rotatable bonds is 4. The van der Waals surface area contributed by atoms with Crippen LogP contribution in [-0.2, 0) is 6.54 Å². The molecule has 0 fully saturated rings. The zero-order valence-electron chi connectivity index (χ0n) is 11.9. The van der Waals surface area contributed by atoms with Crippen molar-refractivity contribution in [3.63, 3.8) is 0 Å². The van der Waals surface area contributed by atoms with Gasteiger partial charge in [-0.2, -0.15) is 0 Å². The summed E-state index contributed by atoms with van der Waals surface area (Å²) in [5, 5.41) is 3.46. The van der Waals surface area contributed by atoms with Crippen molar-refractivity contribution in [3.8, 4) is 11.1 Å². The molecule has 0 spiro atoms. The summed E-state index contributed by atoms with van der Waals surface area (Å²) in [6, 6.07) is 23.4. The molecule has 0 heterocycles. The second-order valence-corrected chi connectivity index (χ2v) is 6.16. The molecular formula is C19H15FIN. The molecule has 0 saturated heterocycles. The lowest BCUT2D eigenvalue weighted by atomic mass is 10.0. The van der Waals surface area contributed by atoms with Gasteiger partial charge < -0.3 is 5.32 Å². The van der Waals surface area contributed by atoms with E-state index in [4.69, 9.17) is 0 Å². The molecule has 0 aliphatic rings. The fourth-order valence-electron chi connectivity index (χ4n) is 2.36. The van der Waals surface area contributed by atoms with Gasteiger partial charge >= 0.3 is 0 Å². The molecule has 110 valence electrons. The molecule has 0 amide bonds. The predicted octanol–water partition coefficient (Wildman–Crippen LogP) is 5.71. The van der Waals surface area contributed by atoms with Crippen molar-refractivity contribution < 1.29 is 4.39 Å². The van der Waals surface area contributed by atoms with Crippen LogP contribution in [-0.4, -0.2) is 0 Å². The normalized spacial score (nSPS) is 10.5. The van der Waals surface area contributed by atoms with E-state index in [9.17, 15) is 4.39 Å². The van der Waals surface area contributed by atoms with Crippen LogP contribution in [0.5, 0.6) is 0 Å². The zero-order chi connectivity index (χ0) is 15.4. The quantitative estimate of drug-likeness (QED) is 0.551. The Labute approximate surface area is 143 Å². The minimum atomic E-state index is -0.196. The average Bonchev–Trinajstić information content (AvgIpc) is 2.55. The molecule has 1 N–H and O–H groups in total. The number of para-hydroxylation sites is 1. The second-order valence-electron chi connectivity index (χ2n) is 5.00. The summed E-state index contributed by atoms with van der Waals surface area (Å²) >= 11 is 2.17. The van der Waals surface area contributed by atoms with Crippen LogP contribution < -0.4 is 5.32 Å². The Morgan fingerprint density at radius 1 is 0.864 bits per heavy atom. The van der Waals surface area contributed by atoms with E-state index in [1.807, 2.05) is 36.4 Å². The van der Waals surface area contributed by atoms with E-state index >= 15 is 0 Å². The molecule has 0 aromatic heterocycles. The molecule has 3 rings (SSSR count). The second kappa shape index (κ2) is 6.92. The summed E-state index contributed by atoms with van der Waals surface area (Å²) in [6.07, 6.45) is 0. The third-order valence-corrected chi connectivity index (χ3v) is 4.50. The van der Waals surface area contributed by atoms with Crippen LogP contribution >= 0.6 is 22.6 Å². The highest BCUT2D eigenvalue weighted by atomic mass is 127. The summed E-state index contributed by atoms with van der Waals surface area (Å²) in [6.45, 7) is 0.669. The lowest BCUT2D eigenvalue weighted by Gasteiger charge is -2.13. The number of halogens is 2. The van der Waals surface area contributed by atoms with Gasteiger partial charge in [-0.15, -0.1) is 0 Å². The Balaban J connectivity index is 1.84. The van der Waals surface area contributed by atoms with E-state index in [2.05, 4.69) is 52.2 Å². The minimum absolute atomic E-state index is 0.196. The third-order valence-electron chi connectivity index (χ3n) is 3.50. The molecule has 0 saturated carbocycles. The van der Waals surface area contributed by atoms with E-state index in [0.29, 0.717) is 6.54 Å². The van der Waals surface area contributed by atoms with Gasteiger partial charge in [0.2, 0.25) is 0 Å². The molecule has 0 radical (unpaired) electrons. The fourth-order valence-corrected chi connectivity index (χ4v) is 3.03. The zero-order valence-corrected chi connectivity index (χ0v) is 14.0. The highest BCUT2D eigenvalue weighted by Gasteiger charge is 2.05. The van der Waals surface area contributed by atoms with Gasteiger partial charge in [0.25, 0.3) is 0 Å². The first-order valence-corrected chi connectivity index (χ1v) is 8.14. The van der Waals surface area contributed by atoms with E-state index in [1.54, 1.807) is 6.07 Å².